The third-order valence-corrected chi connectivity index (χ3v) is 3.57. The molecule has 0 atom stereocenters. The van der Waals surface area contributed by atoms with Crippen LogP contribution >= 0.6 is 0 Å². The average molecular weight is 268 g/mol. The van der Waals surface area contributed by atoms with Crippen molar-refractivity contribution >= 4 is 17.3 Å². The number of carbonyl (C=O) groups is 1. The van der Waals surface area contributed by atoms with Crippen LogP contribution in [0.5, 0.6) is 0 Å². The molecule has 4 nitrogen and oxygen atoms in total. The lowest BCUT2D eigenvalue weighted by molar-refractivity contribution is -0.138. The minimum atomic E-state index is -0.824. The molecule has 3 rings (SSSR count). The topological polar surface area (TPSA) is 43.8 Å². The van der Waals surface area contributed by atoms with E-state index in [0.717, 1.165) is 11.4 Å². The Morgan fingerprint density at radius 3 is 1.60 bits per heavy atom. The normalized spacial score (nSPS) is 15.6. The summed E-state index contributed by atoms with van der Waals surface area (Å²) in [5.41, 5.74) is 1.89. The number of rotatable bonds is 3. The van der Waals surface area contributed by atoms with Crippen molar-refractivity contribution in [2.75, 3.05) is 22.9 Å². The van der Waals surface area contributed by atoms with Crippen LogP contribution in [0.3, 0.4) is 0 Å². The molecule has 0 aliphatic carbocycles. The first-order chi connectivity index (χ1) is 9.77. The Labute approximate surface area is 117 Å². The number of para-hydroxylation sites is 2. The number of nitrogens with zero attached hydrogens (tertiary/aromatic N) is 2. The molecule has 1 N–H and O–H groups in total. The molecule has 1 aliphatic rings. The van der Waals surface area contributed by atoms with Gasteiger partial charge in [-0.05, 0) is 24.3 Å². The van der Waals surface area contributed by atoms with Gasteiger partial charge in [0.25, 0.3) is 0 Å². The standard InChI is InChI=1S/C16H16N2O2/c19-16(20)15-17(13-7-3-1-4-8-13)11-12-18(15)14-9-5-2-6-10-14/h1-10,15H,11-12H2,(H,19,20). The van der Waals surface area contributed by atoms with Gasteiger partial charge in [-0.1, -0.05) is 36.4 Å². The van der Waals surface area contributed by atoms with E-state index >= 15 is 0 Å². The van der Waals surface area contributed by atoms with E-state index in [9.17, 15) is 9.90 Å². The van der Waals surface area contributed by atoms with Crippen molar-refractivity contribution in [3.63, 3.8) is 0 Å². The van der Waals surface area contributed by atoms with E-state index in [4.69, 9.17) is 0 Å². The van der Waals surface area contributed by atoms with Crippen LogP contribution in [0.2, 0.25) is 0 Å². The fraction of sp³-hybridized carbons (Fsp3) is 0.188. The van der Waals surface area contributed by atoms with Crippen LogP contribution in [0, 0.1) is 0 Å². The van der Waals surface area contributed by atoms with Crippen molar-refractivity contribution in [3.05, 3.63) is 60.7 Å². The number of hydrogen-bond donors (Lipinski definition) is 1. The zero-order valence-corrected chi connectivity index (χ0v) is 11.0. The van der Waals surface area contributed by atoms with Crippen molar-refractivity contribution in [3.8, 4) is 0 Å². The number of hydrogen-bond acceptors (Lipinski definition) is 3. The van der Waals surface area contributed by atoms with Crippen molar-refractivity contribution < 1.29 is 9.90 Å². The Balaban J connectivity index is 1.94. The van der Waals surface area contributed by atoms with Crippen molar-refractivity contribution in [1.82, 2.24) is 0 Å². The third-order valence-electron chi connectivity index (χ3n) is 3.57. The number of carboxylic acids is 1. The average Bonchev–Trinajstić information content (AvgIpc) is 2.94. The molecule has 0 radical (unpaired) electrons. The van der Waals surface area contributed by atoms with Crippen LogP contribution in [-0.2, 0) is 4.79 Å². The van der Waals surface area contributed by atoms with Gasteiger partial charge in [0.2, 0.25) is 6.17 Å². The largest absolute Gasteiger partial charge is 0.478 e. The summed E-state index contributed by atoms with van der Waals surface area (Å²) in [5.74, 6) is -0.824. The summed E-state index contributed by atoms with van der Waals surface area (Å²) < 4.78 is 0. The first-order valence-corrected chi connectivity index (χ1v) is 6.63. The summed E-state index contributed by atoms with van der Waals surface area (Å²) in [4.78, 5) is 15.5. The summed E-state index contributed by atoms with van der Waals surface area (Å²) in [7, 11) is 0. The molecular weight excluding hydrogens is 252 g/mol. The van der Waals surface area contributed by atoms with Crippen LogP contribution in [0.25, 0.3) is 0 Å². The molecule has 4 heteroatoms. The number of carboxylic acid groups (broad SMARTS) is 1. The lowest BCUT2D eigenvalue weighted by atomic mass is 10.2. The molecule has 0 amide bonds. The molecule has 0 unspecified atom stereocenters. The second kappa shape index (κ2) is 5.25. The maximum absolute atomic E-state index is 11.7. The monoisotopic (exact) mass is 268 g/mol. The highest BCUT2D eigenvalue weighted by atomic mass is 16.4. The molecule has 1 aliphatic heterocycles. The first kappa shape index (κ1) is 12.5. The van der Waals surface area contributed by atoms with Crippen LogP contribution in [0.4, 0.5) is 11.4 Å². The molecule has 0 aromatic heterocycles. The molecular formula is C16H16N2O2. The van der Waals surface area contributed by atoms with Crippen LogP contribution < -0.4 is 9.80 Å². The van der Waals surface area contributed by atoms with E-state index in [2.05, 4.69) is 0 Å². The van der Waals surface area contributed by atoms with Gasteiger partial charge in [-0.25, -0.2) is 4.79 Å². The fourth-order valence-electron chi connectivity index (χ4n) is 2.67. The predicted octanol–water partition coefficient (Wildman–Crippen LogP) is 2.42. The molecule has 2 aromatic rings. The Bertz CT molecular complexity index is 538. The van der Waals surface area contributed by atoms with Gasteiger partial charge < -0.3 is 14.9 Å². The van der Waals surface area contributed by atoms with Gasteiger partial charge in [-0.3, -0.25) is 0 Å². The quantitative estimate of drug-likeness (QED) is 0.928. The molecule has 1 heterocycles. The van der Waals surface area contributed by atoms with E-state index < -0.39 is 12.1 Å². The molecule has 102 valence electrons. The molecule has 20 heavy (non-hydrogen) atoms. The minimum Gasteiger partial charge on any atom is -0.478 e. The van der Waals surface area contributed by atoms with Gasteiger partial charge in [0.05, 0.1) is 0 Å². The molecule has 1 saturated heterocycles. The molecule has 1 fully saturated rings. The van der Waals surface area contributed by atoms with Crippen LogP contribution in [-0.4, -0.2) is 30.3 Å². The molecule has 0 spiro atoms. The Morgan fingerprint density at radius 2 is 1.25 bits per heavy atom. The smallest absolute Gasteiger partial charge is 0.347 e. The van der Waals surface area contributed by atoms with Crippen molar-refractivity contribution in [1.29, 1.82) is 0 Å². The second-order valence-electron chi connectivity index (χ2n) is 4.77. The summed E-state index contributed by atoms with van der Waals surface area (Å²) in [5, 5.41) is 9.59. The number of anilines is 2. The van der Waals surface area contributed by atoms with Crippen LogP contribution in [0.15, 0.2) is 60.7 Å². The lowest BCUT2D eigenvalue weighted by Gasteiger charge is -2.29. The van der Waals surface area contributed by atoms with E-state index in [1.807, 2.05) is 70.5 Å². The van der Waals surface area contributed by atoms with Gasteiger partial charge >= 0.3 is 5.97 Å². The molecule has 2 aromatic carbocycles. The first-order valence-electron chi connectivity index (χ1n) is 6.63. The SMILES string of the molecule is O=C(O)C1N(c2ccccc2)CCN1c1ccccc1. The highest BCUT2D eigenvalue weighted by molar-refractivity contribution is 5.83. The highest BCUT2D eigenvalue weighted by Gasteiger charge is 2.37. The third kappa shape index (κ3) is 2.20. The van der Waals surface area contributed by atoms with Crippen LogP contribution in [0.1, 0.15) is 0 Å². The van der Waals surface area contributed by atoms with E-state index in [0.29, 0.717) is 13.1 Å². The van der Waals surface area contributed by atoms with Gasteiger partial charge in [-0.15, -0.1) is 0 Å². The highest BCUT2D eigenvalue weighted by Crippen LogP contribution is 2.28. The summed E-state index contributed by atoms with van der Waals surface area (Å²) in [6.45, 7) is 1.41. The van der Waals surface area contributed by atoms with Gasteiger partial charge in [0.15, 0.2) is 0 Å². The Hall–Kier alpha value is -2.49. The Kier molecular flexibility index (Phi) is 3.29. The van der Waals surface area contributed by atoms with Gasteiger partial charge in [0, 0.05) is 24.5 Å². The molecule has 0 saturated carbocycles. The Morgan fingerprint density at radius 1 is 0.850 bits per heavy atom. The van der Waals surface area contributed by atoms with Crippen molar-refractivity contribution in [2.24, 2.45) is 0 Å². The molecule has 0 bridgehead atoms. The van der Waals surface area contributed by atoms with E-state index in [1.54, 1.807) is 0 Å². The summed E-state index contributed by atoms with van der Waals surface area (Å²) >= 11 is 0. The lowest BCUT2D eigenvalue weighted by Crippen LogP contribution is -2.45. The maximum atomic E-state index is 11.7. The fourth-order valence-corrected chi connectivity index (χ4v) is 2.67. The zero-order chi connectivity index (χ0) is 13.9. The maximum Gasteiger partial charge on any atom is 0.347 e. The van der Waals surface area contributed by atoms with E-state index in [1.165, 1.54) is 0 Å². The van der Waals surface area contributed by atoms with Gasteiger partial charge in [0.1, 0.15) is 0 Å². The van der Waals surface area contributed by atoms with E-state index in [-0.39, 0.29) is 0 Å². The van der Waals surface area contributed by atoms with Crippen molar-refractivity contribution in [2.45, 2.75) is 6.17 Å². The second-order valence-corrected chi connectivity index (χ2v) is 4.77. The number of aliphatic carboxylic acids is 1. The summed E-state index contributed by atoms with van der Waals surface area (Å²) in [6.07, 6.45) is -0.653. The summed E-state index contributed by atoms with van der Waals surface area (Å²) in [6, 6.07) is 19.4. The zero-order valence-electron chi connectivity index (χ0n) is 11.0. The van der Waals surface area contributed by atoms with Gasteiger partial charge in [-0.2, -0.15) is 0 Å². The predicted molar refractivity (Wildman–Crippen MR) is 79.0 cm³/mol. The number of benzene rings is 2. The minimum absolute atomic E-state index is 0.653.